The maximum Gasteiger partial charge on any atom is 0.254 e. The first kappa shape index (κ1) is 19.6. The van der Waals surface area contributed by atoms with Crippen LogP contribution in [0.3, 0.4) is 0 Å². The lowest BCUT2D eigenvalue weighted by Crippen LogP contribution is -2.46. The van der Waals surface area contributed by atoms with E-state index in [1.165, 1.54) is 0 Å². The highest BCUT2D eigenvalue weighted by atomic mass is 35.5. The third-order valence-corrected chi connectivity index (χ3v) is 4.48. The molecule has 1 saturated heterocycles. The predicted octanol–water partition coefficient (Wildman–Crippen LogP) is 1.42. The molecular weight excluding hydrogens is 369 g/mol. The Morgan fingerprint density at radius 3 is 2.92 bits per heavy atom. The van der Waals surface area contributed by atoms with E-state index in [9.17, 15) is 9.59 Å². The second kappa shape index (κ2) is 8.60. The first-order chi connectivity index (χ1) is 11.6. The first-order valence-corrected chi connectivity index (χ1v) is 8.34. The largest absolute Gasteiger partial charge is 0.454 e. The van der Waals surface area contributed by atoms with Crippen molar-refractivity contribution in [2.75, 3.05) is 33.0 Å². The minimum atomic E-state index is -0.210. The molecule has 2 heterocycles. The van der Waals surface area contributed by atoms with Gasteiger partial charge in [0.1, 0.15) is 0 Å². The number of benzene rings is 1. The summed E-state index contributed by atoms with van der Waals surface area (Å²) in [5, 5.41) is 3.13. The number of carbonyl (C=O) groups is 2. The van der Waals surface area contributed by atoms with Crippen LogP contribution in [-0.2, 0) is 4.79 Å². The van der Waals surface area contributed by atoms with Crippen molar-refractivity contribution in [1.29, 1.82) is 0 Å². The van der Waals surface area contributed by atoms with Gasteiger partial charge in [0, 0.05) is 31.7 Å². The Kier molecular flexibility index (Phi) is 6.75. The van der Waals surface area contributed by atoms with Crippen molar-refractivity contribution >= 4 is 35.8 Å². The summed E-state index contributed by atoms with van der Waals surface area (Å²) in [4.78, 5) is 26.5. The van der Waals surface area contributed by atoms with Crippen LogP contribution in [0.4, 0.5) is 0 Å². The van der Waals surface area contributed by atoms with Crippen LogP contribution in [0, 0.1) is 5.92 Å². The van der Waals surface area contributed by atoms with E-state index in [2.05, 4.69) is 5.32 Å². The van der Waals surface area contributed by atoms with Gasteiger partial charge in [-0.1, -0.05) is 11.6 Å². The number of ether oxygens (including phenoxy) is 2. The standard InChI is InChI=1S/C16H20ClN3O4.ClH/c17-12-6-11(7-13-14(12)24-9-23-13)16(22)20-5-1-2-10(8-20)15(21)19-4-3-18;/h6-7,10H,1-5,8-9,18H2,(H,19,21);1H. The molecular formula is C16H21Cl2N3O4. The fourth-order valence-corrected chi connectivity index (χ4v) is 3.25. The minimum Gasteiger partial charge on any atom is -0.454 e. The summed E-state index contributed by atoms with van der Waals surface area (Å²) in [6.07, 6.45) is 1.55. The molecule has 2 amide bonds. The molecule has 1 unspecified atom stereocenters. The monoisotopic (exact) mass is 389 g/mol. The molecule has 1 fully saturated rings. The van der Waals surface area contributed by atoms with Crippen molar-refractivity contribution in [2.24, 2.45) is 11.7 Å². The van der Waals surface area contributed by atoms with E-state index in [4.69, 9.17) is 26.8 Å². The Morgan fingerprint density at radius 2 is 2.16 bits per heavy atom. The lowest BCUT2D eigenvalue weighted by molar-refractivity contribution is -0.126. The molecule has 0 radical (unpaired) electrons. The van der Waals surface area contributed by atoms with Crippen molar-refractivity contribution in [3.63, 3.8) is 0 Å². The molecule has 1 aromatic rings. The Morgan fingerprint density at radius 1 is 1.36 bits per heavy atom. The highest BCUT2D eigenvalue weighted by molar-refractivity contribution is 6.32. The molecule has 0 saturated carbocycles. The van der Waals surface area contributed by atoms with Gasteiger partial charge in [-0.05, 0) is 25.0 Å². The van der Waals surface area contributed by atoms with E-state index < -0.39 is 0 Å². The van der Waals surface area contributed by atoms with Gasteiger partial charge < -0.3 is 25.4 Å². The zero-order valence-electron chi connectivity index (χ0n) is 13.6. The summed E-state index contributed by atoms with van der Waals surface area (Å²) in [7, 11) is 0. The summed E-state index contributed by atoms with van der Waals surface area (Å²) in [5.74, 6) is 0.512. The number of amides is 2. The third kappa shape index (κ3) is 4.29. The molecule has 138 valence electrons. The molecule has 1 atom stereocenters. The number of rotatable bonds is 4. The van der Waals surface area contributed by atoms with Crippen LogP contribution >= 0.6 is 24.0 Å². The zero-order valence-corrected chi connectivity index (χ0v) is 15.2. The number of halogens is 2. The van der Waals surface area contributed by atoms with Gasteiger partial charge in [0.2, 0.25) is 12.7 Å². The maximum absolute atomic E-state index is 12.8. The van der Waals surface area contributed by atoms with E-state index in [-0.39, 0.29) is 36.9 Å². The number of nitrogens with two attached hydrogens (primary N) is 1. The molecule has 0 aromatic heterocycles. The first-order valence-electron chi connectivity index (χ1n) is 7.96. The minimum absolute atomic E-state index is 0. The molecule has 0 aliphatic carbocycles. The van der Waals surface area contributed by atoms with Gasteiger partial charge in [0.05, 0.1) is 10.9 Å². The van der Waals surface area contributed by atoms with Crippen LogP contribution in [-0.4, -0.2) is 49.7 Å². The summed E-state index contributed by atoms with van der Waals surface area (Å²) < 4.78 is 10.6. The zero-order chi connectivity index (χ0) is 17.1. The number of nitrogens with one attached hydrogen (secondary N) is 1. The summed E-state index contributed by atoms with van der Waals surface area (Å²) in [6, 6.07) is 3.21. The van der Waals surface area contributed by atoms with Crippen molar-refractivity contribution in [2.45, 2.75) is 12.8 Å². The summed E-state index contributed by atoms with van der Waals surface area (Å²) in [6.45, 7) is 1.95. The average molecular weight is 390 g/mol. The molecule has 2 aliphatic heterocycles. The normalized spacial score (nSPS) is 18.5. The van der Waals surface area contributed by atoms with E-state index >= 15 is 0 Å². The smallest absolute Gasteiger partial charge is 0.254 e. The molecule has 0 spiro atoms. The molecule has 25 heavy (non-hydrogen) atoms. The lowest BCUT2D eigenvalue weighted by Gasteiger charge is -2.32. The topological polar surface area (TPSA) is 93.9 Å². The Hall–Kier alpha value is -1.70. The Labute approximate surface area is 157 Å². The van der Waals surface area contributed by atoms with E-state index in [0.717, 1.165) is 12.8 Å². The fourth-order valence-electron chi connectivity index (χ4n) is 2.99. The number of hydrogen-bond acceptors (Lipinski definition) is 5. The molecule has 2 aliphatic rings. The second-order valence-electron chi connectivity index (χ2n) is 5.86. The molecule has 0 bridgehead atoms. The van der Waals surface area contributed by atoms with Crippen molar-refractivity contribution in [3.05, 3.63) is 22.7 Å². The van der Waals surface area contributed by atoms with Crippen molar-refractivity contribution in [3.8, 4) is 11.5 Å². The SMILES string of the molecule is Cl.NCCNC(=O)C1CCCN(C(=O)c2cc(Cl)c3c(c2)OCO3)C1. The summed E-state index contributed by atoms with van der Waals surface area (Å²) in [5.41, 5.74) is 5.84. The van der Waals surface area contributed by atoms with Crippen LogP contribution in [0.2, 0.25) is 5.02 Å². The number of piperidine rings is 1. The van der Waals surface area contributed by atoms with Crippen LogP contribution < -0.4 is 20.5 Å². The number of nitrogens with zero attached hydrogens (tertiary/aromatic N) is 1. The Bertz CT molecular complexity index is 657. The van der Waals surface area contributed by atoms with Crippen molar-refractivity contribution in [1.82, 2.24) is 10.2 Å². The number of hydrogen-bond donors (Lipinski definition) is 2. The number of fused-ring (bicyclic) bond motifs is 1. The number of carbonyl (C=O) groups excluding carboxylic acids is 2. The van der Waals surface area contributed by atoms with Gasteiger partial charge in [0.25, 0.3) is 5.91 Å². The molecule has 7 nitrogen and oxygen atoms in total. The van der Waals surface area contributed by atoms with Gasteiger partial charge in [-0.15, -0.1) is 12.4 Å². The Balaban J connectivity index is 0.00000225. The molecule has 1 aromatic carbocycles. The lowest BCUT2D eigenvalue weighted by atomic mass is 9.96. The summed E-state index contributed by atoms with van der Waals surface area (Å²) >= 11 is 6.14. The average Bonchev–Trinajstić information content (AvgIpc) is 3.08. The van der Waals surface area contributed by atoms with E-state index in [0.29, 0.717) is 48.3 Å². The quantitative estimate of drug-likeness (QED) is 0.811. The highest BCUT2D eigenvalue weighted by Crippen LogP contribution is 2.40. The van der Waals surface area contributed by atoms with Crippen molar-refractivity contribution < 1.29 is 19.1 Å². The third-order valence-electron chi connectivity index (χ3n) is 4.20. The predicted molar refractivity (Wildman–Crippen MR) is 95.5 cm³/mol. The fraction of sp³-hybridized carbons (Fsp3) is 0.500. The van der Waals surface area contributed by atoms with Gasteiger partial charge in [0.15, 0.2) is 11.5 Å². The molecule has 3 rings (SSSR count). The number of likely N-dealkylation sites (tertiary alicyclic amines) is 1. The van der Waals surface area contributed by atoms with Gasteiger partial charge >= 0.3 is 0 Å². The van der Waals surface area contributed by atoms with E-state index in [1.807, 2.05) is 0 Å². The van der Waals surface area contributed by atoms with E-state index in [1.54, 1.807) is 17.0 Å². The molecule has 3 N–H and O–H groups in total. The van der Waals surface area contributed by atoms with Crippen LogP contribution in [0.25, 0.3) is 0 Å². The van der Waals surface area contributed by atoms with Gasteiger partial charge in [-0.2, -0.15) is 0 Å². The maximum atomic E-state index is 12.8. The van der Waals surface area contributed by atoms with Crippen LogP contribution in [0.1, 0.15) is 23.2 Å². The van der Waals surface area contributed by atoms with Gasteiger partial charge in [-0.25, -0.2) is 0 Å². The highest BCUT2D eigenvalue weighted by Gasteiger charge is 2.30. The molecule has 9 heteroatoms. The second-order valence-corrected chi connectivity index (χ2v) is 6.27. The van der Waals surface area contributed by atoms with Crippen LogP contribution in [0.5, 0.6) is 11.5 Å². The van der Waals surface area contributed by atoms with Gasteiger partial charge in [-0.3, -0.25) is 9.59 Å². The van der Waals surface area contributed by atoms with Crippen LogP contribution in [0.15, 0.2) is 12.1 Å².